The zero-order chi connectivity index (χ0) is 25.1. The lowest BCUT2D eigenvalue weighted by atomic mass is 9.81. The Labute approximate surface area is 192 Å². The Morgan fingerprint density at radius 2 is 1.71 bits per heavy atom. The Hall–Kier alpha value is -2.79. The number of carbonyl (C=O) groups excluding carboxylic acids is 1. The Bertz CT molecular complexity index is 954. The summed E-state index contributed by atoms with van der Waals surface area (Å²) in [4.78, 5) is 11.2. The number of ether oxygens (including phenoxy) is 1. The molecule has 34 heavy (non-hydrogen) atoms. The van der Waals surface area contributed by atoms with Gasteiger partial charge in [0, 0.05) is 12.6 Å². The van der Waals surface area contributed by atoms with Gasteiger partial charge in [0.2, 0.25) is 0 Å². The number of carbonyl (C=O) groups is 1. The molecule has 2 aromatic rings. The Morgan fingerprint density at radius 1 is 1.12 bits per heavy atom. The van der Waals surface area contributed by atoms with Crippen molar-refractivity contribution in [1.82, 2.24) is 10.6 Å². The van der Waals surface area contributed by atoms with Gasteiger partial charge in [0.15, 0.2) is 0 Å². The number of hydrogen-bond acceptors (Lipinski definition) is 3. The smallest absolute Gasteiger partial charge is 0.372 e. The lowest BCUT2D eigenvalue weighted by Crippen LogP contribution is -2.57. The van der Waals surface area contributed by atoms with Crippen LogP contribution in [-0.2, 0) is 22.6 Å². The standard InChI is InChI=1S/C23H25F6N3O2/c1-14(15-9-17(22(24,25)26)11-18(10-15)23(27,28)29)34-13-21(16-5-3-2-4-6-16)8-7-19(12-31-21)32-20(30)33/h2-6,9-11,14,19,31H,7-8,12-13H2,1H3,(H3,30,32,33). The van der Waals surface area contributed by atoms with Gasteiger partial charge in [-0.05, 0) is 49.1 Å². The predicted molar refractivity (Wildman–Crippen MR) is 113 cm³/mol. The fraction of sp³-hybridized carbons (Fsp3) is 0.435. The maximum atomic E-state index is 13.2. The van der Waals surface area contributed by atoms with Crippen LogP contribution in [-0.4, -0.2) is 25.2 Å². The molecule has 4 N–H and O–H groups in total. The van der Waals surface area contributed by atoms with Crippen LogP contribution in [0.15, 0.2) is 48.5 Å². The van der Waals surface area contributed by atoms with Crippen LogP contribution < -0.4 is 16.4 Å². The highest BCUT2D eigenvalue weighted by molar-refractivity contribution is 5.72. The van der Waals surface area contributed by atoms with Gasteiger partial charge in [0.05, 0.1) is 29.4 Å². The number of halogens is 6. The van der Waals surface area contributed by atoms with Gasteiger partial charge in [-0.25, -0.2) is 4.79 Å². The van der Waals surface area contributed by atoms with Gasteiger partial charge in [-0.15, -0.1) is 0 Å². The summed E-state index contributed by atoms with van der Waals surface area (Å²) in [6.07, 6.45) is -9.88. The van der Waals surface area contributed by atoms with Crippen molar-refractivity contribution in [3.8, 4) is 0 Å². The van der Waals surface area contributed by atoms with E-state index in [1.807, 2.05) is 30.3 Å². The molecule has 1 aliphatic heterocycles. The summed E-state index contributed by atoms with van der Waals surface area (Å²) in [6, 6.07) is 9.74. The summed E-state index contributed by atoms with van der Waals surface area (Å²) in [6.45, 7) is 1.75. The minimum absolute atomic E-state index is 0.0148. The van der Waals surface area contributed by atoms with Crippen molar-refractivity contribution in [1.29, 1.82) is 0 Å². The lowest BCUT2D eigenvalue weighted by molar-refractivity contribution is -0.143. The highest BCUT2D eigenvalue weighted by Crippen LogP contribution is 2.39. The maximum Gasteiger partial charge on any atom is 0.416 e. The first-order chi connectivity index (χ1) is 15.8. The fourth-order valence-corrected chi connectivity index (χ4v) is 4.04. The van der Waals surface area contributed by atoms with E-state index in [0.717, 1.165) is 5.56 Å². The third-order valence-electron chi connectivity index (χ3n) is 5.94. The molecule has 0 aliphatic carbocycles. The summed E-state index contributed by atoms with van der Waals surface area (Å²) in [7, 11) is 0. The van der Waals surface area contributed by atoms with Gasteiger partial charge in [-0.1, -0.05) is 30.3 Å². The maximum absolute atomic E-state index is 13.2. The molecule has 3 unspecified atom stereocenters. The Balaban J connectivity index is 1.84. The van der Waals surface area contributed by atoms with Gasteiger partial charge >= 0.3 is 18.4 Å². The quantitative estimate of drug-likeness (QED) is 0.493. The van der Waals surface area contributed by atoms with E-state index in [9.17, 15) is 31.1 Å². The van der Waals surface area contributed by atoms with Crippen molar-refractivity contribution in [3.05, 3.63) is 70.8 Å². The Kier molecular flexibility index (Phi) is 7.47. The lowest BCUT2D eigenvalue weighted by Gasteiger charge is -2.42. The molecule has 5 nitrogen and oxygen atoms in total. The zero-order valence-corrected chi connectivity index (χ0v) is 18.3. The van der Waals surface area contributed by atoms with Crippen molar-refractivity contribution < 1.29 is 35.9 Å². The number of nitrogens with one attached hydrogen (secondary N) is 2. The van der Waals surface area contributed by atoms with E-state index in [1.165, 1.54) is 6.92 Å². The Morgan fingerprint density at radius 3 is 2.18 bits per heavy atom. The molecule has 1 heterocycles. The summed E-state index contributed by atoms with van der Waals surface area (Å²) in [5, 5.41) is 5.95. The number of urea groups is 1. The summed E-state index contributed by atoms with van der Waals surface area (Å²) in [5.41, 5.74) is 2.28. The normalized spacial score (nSPS) is 22.3. The van der Waals surface area contributed by atoms with Crippen LogP contribution in [0.25, 0.3) is 0 Å². The minimum Gasteiger partial charge on any atom is -0.372 e. The van der Waals surface area contributed by atoms with Crippen LogP contribution in [0.4, 0.5) is 31.1 Å². The third-order valence-corrected chi connectivity index (χ3v) is 5.94. The minimum atomic E-state index is -4.94. The molecule has 3 atom stereocenters. The van der Waals surface area contributed by atoms with Crippen molar-refractivity contribution in [2.24, 2.45) is 5.73 Å². The number of amides is 2. The predicted octanol–water partition coefficient (Wildman–Crippen LogP) is 5.12. The molecule has 0 aromatic heterocycles. The topological polar surface area (TPSA) is 76.4 Å². The highest BCUT2D eigenvalue weighted by Gasteiger charge is 2.39. The van der Waals surface area contributed by atoms with E-state index >= 15 is 0 Å². The average molecular weight is 489 g/mol. The molecule has 11 heteroatoms. The first kappa shape index (κ1) is 25.8. The fourth-order valence-electron chi connectivity index (χ4n) is 4.04. The number of nitrogens with two attached hydrogens (primary N) is 1. The largest absolute Gasteiger partial charge is 0.416 e. The number of rotatable bonds is 6. The molecule has 0 bridgehead atoms. The van der Waals surface area contributed by atoms with E-state index in [1.54, 1.807) is 0 Å². The van der Waals surface area contributed by atoms with E-state index in [2.05, 4.69) is 10.6 Å². The molecule has 2 aromatic carbocycles. The summed E-state index contributed by atoms with van der Waals surface area (Å²) < 4.78 is 85.2. The number of alkyl halides is 6. The first-order valence-corrected chi connectivity index (χ1v) is 10.6. The van der Waals surface area contributed by atoms with E-state index in [0.29, 0.717) is 31.5 Å². The van der Waals surface area contributed by atoms with Gasteiger partial charge in [-0.3, -0.25) is 0 Å². The monoisotopic (exact) mass is 489 g/mol. The van der Waals surface area contributed by atoms with Crippen LogP contribution in [0.3, 0.4) is 0 Å². The molecule has 0 spiro atoms. The second-order valence-corrected chi connectivity index (χ2v) is 8.37. The van der Waals surface area contributed by atoms with E-state index in [-0.39, 0.29) is 24.3 Å². The first-order valence-electron chi connectivity index (χ1n) is 10.6. The number of hydrogen-bond donors (Lipinski definition) is 3. The van der Waals surface area contributed by atoms with Crippen LogP contribution in [0.5, 0.6) is 0 Å². The van der Waals surface area contributed by atoms with Gasteiger partial charge < -0.3 is 21.1 Å². The molecule has 3 rings (SSSR count). The van der Waals surface area contributed by atoms with Crippen molar-refractivity contribution in [3.63, 3.8) is 0 Å². The molecule has 0 radical (unpaired) electrons. The molecular weight excluding hydrogens is 464 g/mol. The van der Waals surface area contributed by atoms with Gasteiger partial charge in [0.1, 0.15) is 0 Å². The van der Waals surface area contributed by atoms with Crippen molar-refractivity contribution >= 4 is 6.03 Å². The molecule has 2 amide bonds. The van der Waals surface area contributed by atoms with Crippen molar-refractivity contribution in [2.75, 3.05) is 13.2 Å². The molecule has 0 saturated carbocycles. The second kappa shape index (κ2) is 9.83. The molecule has 1 aliphatic rings. The van der Waals surface area contributed by atoms with E-state index < -0.39 is 41.2 Å². The van der Waals surface area contributed by atoms with Gasteiger partial charge in [-0.2, -0.15) is 26.3 Å². The number of piperidine rings is 1. The SMILES string of the molecule is CC(OCC1(c2ccccc2)CCC(NC(N)=O)CN1)c1cc(C(F)(F)F)cc(C(F)(F)F)c1. The van der Waals surface area contributed by atoms with Crippen LogP contribution in [0.1, 0.15) is 48.1 Å². The highest BCUT2D eigenvalue weighted by atomic mass is 19.4. The van der Waals surface area contributed by atoms with Crippen molar-refractivity contribution in [2.45, 2.75) is 49.8 Å². The average Bonchev–Trinajstić information content (AvgIpc) is 2.77. The molecular formula is C23H25F6N3O2. The van der Waals surface area contributed by atoms with Crippen LogP contribution >= 0.6 is 0 Å². The third kappa shape index (κ3) is 6.20. The number of primary amides is 1. The van der Waals surface area contributed by atoms with E-state index in [4.69, 9.17) is 10.5 Å². The van der Waals surface area contributed by atoms with Crippen LogP contribution in [0.2, 0.25) is 0 Å². The summed E-state index contributed by atoms with van der Waals surface area (Å²) >= 11 is 0. The summed E-state index contributed by atoms with van der Waals surface area (Å²) in [5.74, 6) is 0. The second-order valence-electron chi connectivity index (χ2n) is 8.37. The number of benzene rings is 2. The van der Waals surface area contributed by atoms with Gasteiger partial charge in [0.25, 0.3) is 0 Å². The zero-order valence-electron chi connectivity index (χ0n) is 18.3. The molecule has 1 fully saturated rings. The molecule has 186 valence electrons. The van der Waals surface area contributed by atoms with Crippen LogP contribution in [0, 0.1) is 0 Å². The molecule has 1 saturated heterocycles.